The van der Waals surface area contributed by atoms with Gasteiger partial charge in [-0.15, -0.1) is 0 Å². The molecule has 29 heavy (non-hydrogen) atoms. The first kappa shape index (κ1) is 29.7. The van der Waals surface area contributed by atoms with Crippen LogP contribution in [-0.2, 0) is 11.0 Å². The second-order valence-electron chi connectivity index (χ2n) is 7.81. The first-order valence-electron chi connectivity index (χ1n) is 11.4. The molecular formula is C23H40NdO4P. The molecular weight excluding hydrogens is 515 g/mol. The summed E-state index contributed by atoms with van der Waals surface area (Å²) < 4.78 is 11.8. The minimum absolute atomic E-state index is 0.575. The molecule has 0 aliphatic rings. The van der Waals surface area contributed by atoms with E-state index >= 15 is 0 Å². The first-order chi connectivity index (χ1) is 13.8. The maximum absolute atomic E-state index is 8.55. The molecule has 1 unspecified atom stereocenters. The molecule has 0 heterocycles. The Morgan fingerprint density at radius 2 is 1.34 bits per heavy atom. The van der Waals surface area contributed by atoms with Crippen LogP contribution in [0.4, 0.5) is 0 Å². The molecule has 1 atom stereocenters. The minimum atomic E-state index is -5.39. The van der Waals surface area contributed by atoms with Crippen LogP contribution >= 0.6 is 7.82 Å². The van der Waals surface area contributed by atoms with Crippen molar-refractivity contribution in [1.29, 1.82) is 0 Å². The van der Waals surface area contributed by atoms with Crippen LogP contribution < -0.4 is 15.9 Å². The van der Waals surface area contributed by atoms with Crippen molar-refractivity contribution in [3.63, 3.8) is 0 Å². The van der Waals surface area contributed by atoms with Crippen molar-refractivity contribution in [2.24, 2.45) is 5.92 Å². The Hall–Kier alpha value is 0.681. The summed E-state index contributed by atoms with van der Waals surface area (Å²) >= 11 is -0.575. The second kappa shape index (κ2) is 19.4. The van der Waals surface area contributed by atoms with Crippen LogP contribution in [0.5, 0.6) is 0 Å². The van der Waals surface area contributed by atoms with Crippen LogP contribution in [0.3, 0.4) is 0 Å². The molecule has 0 radical (unpaired) electrons. The standard InChI is InChI=1S/C15H23.C8H17.Nd.H3O4P/c1-2-3-4-5-6-7-9-12-15-13-10-8-11-14-15;1-4-6-7-8(3)5-2;;1-5(2,3)4/h10-11,13-14H,2-7,9,12H2,1H3;8H,3-7H2,1-2H3;;(H3,1,2,3,4)/q;;+3;/p-3. The zero-order chi connectivity index (χ0) is 22.0. The fourth-order valence-electron chi connectivity index (χ4n) is 3.28. The number of aryl methyl sites for hydroxylation is 1. The zero-order valence-corrected chi connectivity index (χ0v) is 22.8. The molecule has 0 fully saturated rings. The van der Waals surface area contributed by atoms with E-state index in [1.807, 2.05) is 0 Å². The van der Waals surface area contributed by atoms with E-state index in [-0.39, 0.29) is 0 Å². The fraction of sp³-hybridized carbons (Fsp3) is 0.739. The maximum Gasteiger partial charge on any atom is -0.159 e. The molecule has 0 bridgehead atoms. The quantitative estimate of drug-likeness (QED) is 0.236. The molecule has 6 heteroatoms. The summed E-state index contributed by atoms with van der Waals surface area (Å²) in [5.41, 5.74) is 1.56. The number of hydrogen-bond acceptors (Lipinski definition) is 4. The number of phosphoric acid groups is 1. The molecule has 0 saturated heterocycles. The largest absolute Gasteiger partial charge is 0.822 e. The van der Waals surface area contributed by atoms with Crippen molar-refractivity contribution in [3.05, 3.63) is 29.8 Å². The average molecular weight is 556 g/mol. The van der Waals surface area contributed by atoms with E-state index in [1.54, 1.807) is 8.85 Å². The maximum atomic E-state index is 8.55. The molecule has 1 aromatic carbocycles. The van der Waals surface area contributed by atoms with E-state index in [1.165, 1.54) is 77.0 Å². The van der Waals surface area contributed by atoms with Gasteiger partial charge in [0.2, 0.25) is 0 Å². The van der Waals surface area contributed by atoms with Crippen molar-refractivity contribution >= 4 is 9.04 Å². The molecule has 4 nitrogen and oxygen atoms in total. The molecule has 0 saturated carbocycles. The average Bonchev–Trinajstić information content (AvgIpc) is 2.67. The zero-order valence-electron chi connectivity index (χ0n) is 18.7. The van der Waals surface area contributed by atoms with Gasteiger partial charge in [0.05, 0.1) is 0 Å². The number of benzene rings is 1. The van der Waals surface area contributed by atoms with Crippen LogP contribution in [0.25, 0.3) is 0 Å². The van der Waals surface area contributed by atoms with Crippen LogP contribution in [-0.4, -0.2) is 0 Å². The Labute approximate surface area is 199 Å². The molecule has 0 amide bonds. The third-order valence-electron chi connectivity index (χ3n) is 5.16. The van der Waals surface area contributed by atoms with Gasteiger partial charge in [-0.1, -0.05) is 6.92 Å². The molecule has 165 valence electrons. The number of hydrogen-bond donors (Lipinski definition) is 0. The van der Waals surface area contributed by atoms with Crippen molar-refractivity contribution in [1.82, 2.24) is 0 Å². The minimum Gasteiger partial charge on any atom is -0.822 e. The third kappa shape index (κ3) is 21.7. The van der Waals surface area contributed by atoms with Gasteiger partial charge in [-0.3, -0.25) is 0 Å². The van der Waals surface area contributed by atoms with Crippen LogP contribution in [0.15, 0.2) is 24.3 Å². The predicted octanol–water partition coefficient (Wildman–Crippen LogP) is 4.50. The Morgan fingerprint density at radius 1 is 0.828 bits per heavy atom. The molecule has 0 aliphatic heterocycles. The summed E-state index contributed by atoms with van der Waals surface area (Å²) in [6, 6.07) is 9.78. The van der Waals surface area contributed by atoms with Crippen molar-refractivity contribution in [2.45, 2.75) is 99.9 Å². The molecule has 0 aromatic heterocycles. The topological polar surface area (TPSA) is 86.2 Å². The normalized spacial score (nSPS) is 12.1. The summed E-state index contributed by atoms with van der Waals surface area (Å²) in [7, 11) is -5.39. The number of unbranched alkanes of at least 4 members (excludes halogenated alkanes) is 7. The van der Waals surface area contributed by atoms with Crippen molar-refractivity contribution < 1.29 is 56.0 Å². The van der Waals surface area contributed by atoms with Crippen LogP contribution in [0.1, 0.15) is 97.0 Å². The van der Waals surface area contributed by atoms with E-state index in [9.17, 15) is 0 Å². The first-order valence-corrected chi connectivity index (χ1v) is 16.7. The summed E-state index contributed by atoms with van der Waals surface area (Å²) in [5.74, 6) is 1.01. The Morgan fingerprint density at radius 3 is 1.86 bits per heavy atom. The number of rotatable bonds is 15. The van der Waals surface area contributed by atoms with Gasteiger partial charge in [0.15, 0.2) is 0 Å². The molecule has 1 aromatic rings. The predicted molar refractivity (Wildman–Crippen MR) is 113 cm³/mol. The van der Waals surface area contributed by atoms with Crippen molar-refractivity contribution in [3.8, 4) is 0 Å². The smallest absolute Gasteiger partial charge is 0.159 e. The van der Waals surface area contributed by atoms with Gasteiger partial charge in [-0.2, -0.15) is 7.82 Å². The molecule has 1 rings (SSSR count). The summed E-state index contributed by atoms with van der Waals surface area (Å²) in [4.78, 5) is 25.6. The van der Waals surface area contributed by atoms with Crippen LogP contribution in [0, 0.1) is 42.6 Å². The van der Waals surface area contributed by atoms with Gasteiger partial charge in [0, 0.05) is 0 Å². The van der Waals surface area contributed by atoms with Gasteiger partial charge in [-0.25, -0.2) is 0 Å². The monoisotopic (exact) mass is 553 g/mol. The van der Waals surface area contributed by atoms with E-state index in [0.29, 0.717) is 0 Å². The van der Waals surface area contributed by atoms with Gasteiger partial charge in [-0.05, 0) is 0 Å². The Kier molecular flexibility index (Phi) is 19.8. The van der Waals surface area contributed by atoms with E-state index in [2.05, 4.69) is 45.0 Å². The van der Waals surface area contributed by atoms with E-state index in [0.717, 1.165) is 5.92 Å². The van der Waals surface area contributed by atoms with Gasteiger partial charge >= 0.3 is 167 Å². The Balaban J connectivity index is 0.00000139. The summed E-state index contributed by atoms with van der Waals surface area (Å²) in [6.07, 6.45) is 16.8. The third-order valence-corrected chi connectivity index (χ3v) is 10.0. The summed E-state index contributed by atoms with van der Waals surface area (Å²) in [6.45, 7) is 6.99. The van der Waals surface area contributed by atoms with E-state index in [4.69, 9.17) is 19.2 Å². The molecule has 0 spiro atoms. The van der Waals surface area contributed by atoms with Gasteiger partial charge in [0.25, 0.3) is 0 Å². The summed E-state index contributed by atoms with van der Waals surface area (Å²) in [5, 5.41) is 0. The molecule has 0 N–H and O–H groups in total. The van der Waals surface area contributed by atoms with Crippen LogP contribution in [0.2, 0.25) is 2.07 Å². The fourth-order valence-corrected chi connectivity index (χ4v) is 7.84. The SMILES string of the molecule is CCCCCCCCCc1cc[c]([Nd+3][CH2]C(CC)CCCC)cc1.O=P([O-])([O-])[O-]. The Bertz CT molecular complexity index is 522. The van der Waals surface area contributed by atoms with Gasteiger partial charge in [0.1, 0.15) is 0 Å². The second-order valence-corrected chi connectivity index (χ2v) is 13.0. The van der Waals surface area contributed by atoms with Gasteiger partial charge < -0.3 is 19.2 Å². The van der Waals surface area contributed by atoms with Crippen molar-refractivity contribution in [2.75, 3.05) is 0 Å². The van der Waals surface area contributed by atoms with E-state index < -0.39 is 44.5 Å². The molecule has 0 aliphatic carbocycles.